The molecule has 0 N–H and O–H groups in total. The quantitative estimate of drug-likeness (QED) is 0.651. The minimum absolute atomic E-state index is 0.320. The van der Waals surface area contributed by atoms with E-state index < -0.39 is 0 Å². The van der Waals surface area contributed by atoms with Crippen LogP contribution in [-0.2, 0) is 6.54 Å². The number of ether oxygens (including phenoxy) is 2. The molecule has 1 atom stereocenters. The summed E-state index contributed by atoms with van der Waals surface area (Å²) < 4.78 is 17.2. The summed E-state index contributed by atoms with van der Waals surface area (Å²) in [6.07, 6.45) is 3.18. The molecule has 6 heteroatoms. The van der Waals surface area contributed by atoms with Crippen LogP contribution in [0.5, 0.6) is 11.5 Å². The van der Waals surface area contributed by atoms with E-state index in [1.165, 1.54) is 5.56 Å². The van der Waals surface area contributed by atoms with E-state index in [4.69, 9.17) is 14.0 Å². The lowest BCUT2D eigenvalue weighted by Gasteiger charge is -2.23. The standard InChI is InChI=1S/C23H25N3O3/c1-16-6-2-3-7-18(16)23-24-22(29-25-23)15-26-11-4-8-19(26)17-9-10-20-21(14-17)28-13-5-12-27-20/h2-3,6-7,9-10,14,19H,4-5,8,11-13,15H2,1H3. The van der Waals surface area contributed by atoms with Crippen molar-refractivity contribution in [3.63, 3.8) is 0 Å². The largest absolute Gasteiger partial charge is 0.490 e. The average molecular weight is 391 g/mol. The number of benzene rings is 2. The van der Waals surface area contributed by atoms with Crippen LogP contribution in [0.3, 0.4) is 0 Å². The zero-order chi connectivity index (χ0) is 19.6. The Balaban J connectivity index is 1.34. The molecule has 0 bridgehead atoms. The van der Waals surface area contributed by atoms with Crippen molar-refractivity contribution in [2.75, 3.05) is 19.8 Å². The van der Waals surface area contributed by atoms with Crippen molar-refractivity contribution in [3.05, 3.63) is 59.5 Å². The van der Waals surface area contributed by atoms with Crippen LogP contribution in [0.1, 0.15) is 42.3 Å². The number of aryl methyl sites for hydroxylation is 1. The molecule has 2 aliphatic heterocycles. The summed E-state index contributed by atoms with van der Waals surface area (Å²) in [5.41, 5.74) is 3.42. The Labute approximate surface area is 170 Å². The van der Waals surface area contributed by atoms with Gasteiger partial charge in [-0.2, -0.15) is 4.98 Å². The van der Waals surface area contributed by atoms with Crippen LogP contribution in [0, 0.1) is 6.92 Å². The highest BCUT2D eigenvalue weighted by Crippen LogP contribution is 2.38. The molecule has 5 rings (SSSR count). The molecule has 0 amide bonds. The molecule has 2 aromatic carbocycles. The second kappa shape index (κ2) is 7.87. The second-order valence-electron chi connectivity index (χ2n) is 7.71. The van der Waals surface area contributed by atoms with Crippen LogP contribution >= 0.6 is 0 Å². The van der Waals surface area contributed by atoms with E-state index in [1.54, 1.807) is 0 Å². The molecular formula is C23H25N3O3. The summed E-state index contributed by atoms with van der Waals surface area (Å²) in [5, 5.41) is 4.21. The average Bonchev–Trinajstić information content (AvgIpc) is 3.32. The Morgan fingerprint density at radius 2 is 1.90 bits per heavy atom. The van der Waals surface area contributed by atoms with Gasteiger partial charge in [0.05, 0.1) is 19.8 Å². The lowest BCUT2D eigenvalue weighted by molar-refractivity contribution is 0.212. The van der Waals surface area contributed by atoms with Crippen LogP contribution in [0.15, 0.2) is 47.0 Å². The first-order chi connectivity index (χ1) is 14.3. The molecule has 0 aliphatic carbocycles. The Hall–Kier alpha value is -2.86. The van der Waals surface area contributed by atoms with Gasteiger partial charge < -0.3 is 14.0 Å². The summed E-state index contributed by atoms with van der Waals surface area (Å²) in [7, 11) is 0. The number of aromatic nitrogens is 2. The molecule has 2 aliphatic rings. The maximum Gasteiger partial charge on any atom is 0.241 e. The SMILES string of the molecule is Cc1ccccc1-c1noc(CN2CCCC2c2ccc3c(c2)OCCCO3)n1. The third-order valence-corrected chi connectivity index (χ3v) is 5.71. The van der Waals surface area contributed by atoms with Gasteiger partial charge in [0.2, 0.25) is 11.7 Å². The second-order valence-corrected chi connectivity index (χ2v) is 7.71. The highest BCUT2D eigenvalue weighted by Gasteiger charge is 2.28. The monoisotopic (exact) mass is 391 g/mol. The van der Waals surface area contributed by atoms with Crippen LogP contribution < -0.4 is 9.47 Å². The van der Waals surface area contributed by atoms with E-state index in [0.717, 1.165) is 48.4 Å². The molecule has 1 saturated heterocycles. The van der Waals surface area contributed by atoms with Crippen molar-refractivity contribution < 1.29 is 14.0 Å². The molecule has 3 aromatic rings. The van der Waals surface area contributed by atoms with Crippen LogP contribution in [0.2, 0.25) is 0 Å². The zero-order valence-electron chi connectivity index (χ0n) is 16.6. The summed E-state index contributed by atoms with van der Waals surface area (Å²) >= 11 is 0. The van der Waals surface area contributed by atoms with Gasteiger partial charge >= 0.3 is 0 Å². The molecule has 1 fully saturated rings. The van der Waals surface area contributed by atoms with Crippen molar-refractivity contribution in [2.45, 2.75) is 38.8 Å². The third-order valence-electron chi connectivity index (χ3n) is 5.71. The summed E-state index contributed by atoms with van der Waals surface area (Å²) in [6, 6.07) is 14.8. The molecule has 1 unspecified atom stereocenters. The van der Waals surface area contributed by atoms with Gasteiger partial charge in [0.15, 0.2) is 11.5 Å². The number of nitrogens with zero attached hydrogens (tertiary/aromatic N) is 3. The van der Waals surface area contributed by atoms with Crippen molar-refractivity contribution in [3.8, 4) is 22.9 Å². The van der Waals surface area contributed by atoms with Gasteiger partial charge in [-0.15, -0.1) is 0 Å². The van der Waals surface area contributed by atoms with Gasteiger partial charge in [0, 0.05) is 18.0 Å². The fourth-order valence-corrected chi connectivity index (χ4v) is 4.21. The normalized spacial score (nSPS) is 19.3. The van der Waals surface area contributed by atoms with Gasteiger partial charge in [0.1, 0.15) is 0 Å². The molecule has 0 saturated carbocycles. The summed E-state index contributed by atoms with van der Waals surface area (Å²) in [4.78, 5) is 7.06. The molecule has 3 heterocycles. The first kappa shape index (κ1) is 18.2. The predicted molar refractivity (Wildman–Crippen MR) is 109 cm³/mol. The Morgan fingerprint density at radius 3 is 2.79 bits per heavy atom. The summed E-state index contributed by atoms with van der Waals surface area (Å²) in [5.74, 6) is 3.01. The highest BCUT2D eigenvalue weighted by molar-refractivity contribution is 5.58. The van der Waals surface area contributed by atoms with E-state index in [2.05, 4.69) is 40.2 Å². The minimum Gasteiger partial charge on any atom is -0.490 e. The molecule has 1 aromatic heterocycles. The number of rotatable bonds is 4. The van der Waals surface area contributed by atoms with E-state index in [-0.39, 0.29) is 0 Å². The van der Waals surface area contributed by atoms with Gasteiger partial charge in [0.25, 0.3) is 0 Å². The van der Waals surface area contributed by atoms with E-state index in [9.17, 15) is 0 Å². The Morgan fingerprint density at radius 1 is 1.03 bits per heavy atom. The lowest BCUT2D eigenvalue weighted by atomic mass is 10.0. The molecule has 29 heavy (non-hydrogen) atoms. The van der Waals surface area contributed by atoms with Crippen molar-refractivity contribution in [2.24, 2.45) is 0 Å². The molecule has 6 nitrogen and oxygen atoms in total. The van der Waals surface area contributed by atoms with Gasteiger partial charge in [-0.25, -0.2) is 0 Å². The molecular weight excluding hydrogens is 366 g/mol. The van der Waals surface area contributed by atoms with Crippen molar-refractivity contribution in [1.82, 2.24) is 15.0 Å². The van der Waals surface area contributed by atoms with E-state index in [1.807, 2.05) is 24.3 Å². The minimum atomic E-state index is 0.320. The lowest BCUT2D eigenvalue weighted by Crippen LogP contribution is -2.23. The third kappa shape index (κ3) is 3.72. The number of fused-ring (bicyclic) bond motifs is 1. The number of hydrogen-bond donors (Lipinski definition) is 0. The predicted octanol–water partition coefficient (Wildman–Crippen LogP) is 4.54. The maximum atomic E-state index is 5.88. The van der Waals surface area contributed by atoms with Crippen molar-refractivity contribution in [1.29, 1.82) is 0 Å². The molecule has 0 radical (unpaired) electrons. The number of likely N-dealkylation sites (tertiary alicyclic amines) is 1. The Kier molecular flexibility index (Phi) is 4.94. The maximum absolute atomic E-state index is 5.88. The van der Waals surface area contributed by atoms with E-state index >= 15 is 0 Å². The number of hydrogen-bond acceptors (Lipinski definition) is 6. The molecule has 0 spiro atoms. The highest BCUT2D eigenvalue weighted by atomic mass is 16.5. The zero-order valence-corrected chi connectivity index (χ0v) is 16.6. The first-order valence-electron chi connectivity index (χ1n) is 10.3. The van der Waals surface area contributed by atoms with Crippen LogP contribution in [0.25, 0.3) is 11.4 Å². The smallest absolute Gasteiger partial charge is 0.241 e. The summed E-state index contributed by atoms with van der Waals surface area (Å²) in [6.45, 7) is 5.14. The van der Waals surface area contributed by atoms with Gasteiger partial charge in [-0.1, -0.05) is 35.5 Å². The van der Waals surface area contributed by atoms with Crippen molar-refractivity contribution >= 4 is 0 Å². The topological polar surface area (TPSA) is 60.6 Å². The van der Waals surface area contributed by atoms with E-state index in [0.29, 0.717) is 37.5 Å². The fourth-order valence-electron chi connectivity index (χ4n) is 4.21. The van der Waals surface area contributed by atoms with Gasteiger partial charge in [-0.3, -0.25) is 4.90 Å². The van der Waals surface area contributed by atoms with Crippen LogP contribution in [-0.4, -0.2) is 34.8 Å². The molecule has 150 valence electrons. The van der Waals surface area contributed by atoms with Crippen LogP contribution in [0.4, 0.5) is 0 Å². The van der Waals surface area contributed by atoms with Gasteiger partial charge in [-0.05, 0) is 49.6 Å². The first-order valence-corrected chi connectivity index (χ1v) is 10.3. The fraction of sp³-hybridized carbons (Fsp3) is 0.391. The Bertz CT molecular complexity index is 1000.